The van der Waals surface area contributed by atoms with Gasteiger partial charge in [0.25, 0.3) is 0 Å². The lowest BCUT2D eigenvalue weighted by Gasteiger charge is -2.42. The molecule has 6 heteroatoms. The minimum atomic E-state index is 0.392. The minimum absolute atomic E-state index is 0.392. The Labute approximate surface area is 186 Å². The lowest BCUT2D eigenvalue weighted by atomic mass is 10.0. The van der Waals surface area contributed by atoms with Crippen LogP contribution in [0.3, 0.4) is 0 Å². The molecule has 31 heavy (non-hydrogen) atoms. The SMILES string of the molecule is COc1ccc(-c2csc3ncnc(N4CCN(c5cccc(C)c5)C(C)C4)c23)cc1. The lowest BCUT2D eigenvalue weighted by molar-refractivity contribution is 0.415. The number of piperazine rings is 1. The summed E-state index contributed by atoms with van der Waals surface area (Å²) < 4.78 is 5.32. The van der Waals surface area contributed by atoms with E-state index < -0.39 is 0 Å². The molecule has 1 fully saturated rings. The maximum absolute atomic E-state index is 5.32. The third kappa shape index (κ3) is 3.72. The Bertz CT molecular complexity index is 1200. The highest BCUT2D eigenvalue weighted by atomic mass is 32.1. The second kappa shape index (κ2) is 8.19. The number of aryl methyl sites for hydroxylation is 1. The molecule has 0 bridgehead atoms. The molecule has 158 valence electrons. The van der Waals surface area contributed by atoms with Crippen molar-refractivity contribution in [1.82, 2.24) is 9.97 Å². The van der Waals surface area contributed by atoms with Crippen LogP contribution in [0.5, 0.6) is 5.75 Å². The van der Waals surface area contributed by atoms with Crippen molar-refractivity contribution in [2.75, 3.05) is 36.5 Å². The number of ether oxygens (including phenoxy) is 1. The largest absolute Gasteiger partial charge is 0.497 e. The van der Waals surface area contributed by atoms with Crippen molar-refractivity contribution in [2.24, 2.45) is 0 Å². The number of anilines is 2. The summed E-state index contributed by atoms with van der Waals surface area (Å²) in [5.74, 6) is 1.90. The average Bonchev–Trinajstić information content (AvgIpc) is 3.23. The fourth-order valence-corrected chi connectivity index (χ4v) is 5.33. The molecule has 4 aromatic rings. The number of rotatable bonds is 4. The maximum Gasteiger partial charge on any atom is 0.141 e. The van der Waals surface area contributed by atoms with Gasteiger partial charge in [0.15, 0.2) is 0 Å². The molecule has 1 saturated heterocycles. The van der Waals surface area contributed by atoms with E-state index >= 15 is 0 Å². The first-order chi connectivity index (χ1) is 15.1. The molecule has 2 aromatic heterocycles. The zero-order valence-corrected chi connectivity index (χ0v) is 18.9. The van der Waals surface area contributed by atoms with Gasteiger partial charge in [0.1, 0.15) is 22.7 Å². The van der Waals surface area contributed by atoms with Crippen molar-refractivity contribution in [3.63, 3.8) is 0 Å². The summed E-state index contributed by atoms with van der Waals surface area (Å²) in [7, 11) is 1.69. The standard InChI is InChI=1S/C25H26N4OS/c1-17-5-4-6-20(13-17)29-12-11-28(14-18(29)2)24-23-22(15-31-25(23)27-16-26-24)19-7-9-21(30-3)10-8-19/h4-10,13,15-16,18H,11-12,14H2,1-3H3. The molecular weight excluding hydrogens is 404 g/mol. The van der Waals surface area contributed by atoms with Gasteiger partial charge < -0.3 is 14.5 Å². The van der Waals surface area contributed by atoms with E-state index in [-0.39, 0.29) is 0 Å². The molecule has 2 aromatic carbocycles. The molecule has 3 heterocycles. The van der Waals surface area contributed by atoms with Crippen LogP contribution in [-0.4, -0.2) is 42.8 Å². The number of aromatic nitrogens is 2. The normalized spacial score (nSPS) is 16.7. The molecule has 5 nitrogen and oxygen atoms in total. The molecule has 0 aliphatic carbocycles. The summed E-state index contributed by atoms with van der Waals surface area (Å²) in [6, 6.07) is 17.4. The predicted octanol–water partition coefficient (Wildman–Crippen LogP) is 5.39. The molecule has 0 radical (unpaired) electrons. The highest BCUT2D eigenvalue weighted by molar-refractivity contribution is 7.17. The van der Waals surface area contributed by atoms with Crippen LogP contribution in [0.2, 0.25) is 0 Å². The van der Waals surface area contributed by atoms with Gasteiger partial charge in [-0.2, -0.15) is 0 Å². The number of fused-ring (bicyclic) bond motifs is 1. The highest BCUT2D eigenvalue weighted by Gasteiger charge is 2.27. The first-order valence-electron chi connectivity index (χ1n) is 10.6. The Morgan fingerprint density at radius 2 is 1.90 bits per heavy atom. The molecule has 5 rings (SSSR count). The van der Waals surface area contributed by atoms with Gasteiger partial charge in [0.05, 0.1) is 12.5 Å². The van der Waals surface area contributed by atoms with Crippen LogP contribution in [0.4, 0.5) is 11.5 Å². The first-order valence-corrected chi connectivity index (χ1v) is 11.5. The second-order valence-electron chi connectivity index (χ2n) is 8.08. The molecular formula is C25H26N4OS. The van der Waals surface area contributed by atoms with Crippen molar-refractivity contribution < 1.29 is 4.74 Å². The van der Waals surface area contributed by atoms with Crippen molar-refractivity contribution in [1.29, 1.82) is 0 Å². The Morgan fingerprint density at radius 3 is 2.65 bits per heavy atom. The van der Waals surface area contributed by atoms with Crippen LogP contribution in [0.25, 0.3) is 21.3 Å². The number of thiophene rings is 1. The molecule has 1 aliphatic heterocycles. The zero-order chi connectivity index (χ0) is 21.4. The Morgan fingerprint density at radius 1 is 1.06 bits per heavy atom. The number of benzene rings is 2. The Hall–Kier alpha value is -3.12. The first kappa shape index (κ1) is 19.8. The van der Waals surface area contributed by atoms with E-state index in [1.807, 2.05) is 12.1 Å². The van der Waals surface area contributed by atoms with Crippen LogP contribution < -0.4 is 14.5 Å². The third-order valence-electron chi connectivity index (χ3n) is 6.01. The third-order valence-corrected chi connectivity index (χ3v) is 6.90. The van der Waals surface area contributed by atoms with Crippen molar-refractivity contribution >= 4 is 33.1 Å². The van der Waals surface area contributed by atoms with Gasteiger partial charge in [0, 0.05) is 42.3 Å². The zero-order valence-electron chi connectivity index (χ0n) is 18.1. The molecule has 0 N–H and O–H groups in total. The van der Waals surface area contributed by atoms with Gasteiger partial charge in [0.2, 0.25) is 0 Å². The van der Waals surface area contributed by atoms with Gasteiger partial charge in [-0.05, 0) is 49.2 Å². The molecule has 1 unspecified atom stereocenters. The number of hydrogen-bond acceptors (Lipinski definition) is 6. The molecule has 1 aliphatic rings. The average molecular weight is 431 g/mol. The van der Waals surface area contributed by atoms with Gasteiger partial charge in [-0.3, -0.25) is 0 Å². The molecule has 0 spiro atoms. The smallest absolute Gasteiger partial charge is 0.141 e. The summed E-state index contributed by atoms with van der Waals surface area (Å²) in [6.07, 6.45) is 1.70. The van der Waals surface area contributed by atoms with Crippen LogP contribution in [0.1, 0.15) is 12.5 Å². The van der Waals surface area contributed by atoms with Crippen LogP contribution in [0.15, 0.2) is 60.2 Å². The number of nitrogens with zero attached hydrogens (tertiary/aromatic N) is 4. The minimum Gasteiger partial charge on any atom is -0.497 e. The fourth-order valence-electron chi connectivity index (χ4n) is 4.42. The summed E-state index contributed by atoms with van der Waals surface area (Å²) in [5.41, 5.74) is 4.95. The lowest BCUT2D eigenvalue weighted by Crippen LogP contribution is -2.52. The van der Waals surface area contributed by atoms with E-state index in [4.69, 9.17) is 9.72 Å². The van der Waals surface area contributed by atoms with Crippen molar-refractivity contribution in [3.05, 3.63) is 65.8 Å². The fraction of sp³-hybridized carbons (Fsp3) is 0.280. The van der Waals surface area contributed by atoms with E-state index in [9.17, 15) is 0 Å². The predicted molar refractivity (Wildman–Crippen MR) is 130 cm³/mol. The summed E-state index contributed by atoms with van der Waals surface area (Å²) in [4.78, 5) is 15.3. The quantitative estimate of drug-likeness (QED) is 0.434. The van der Waals surface area contributed by atoms with Crippen molar-refractivity contribution in [3.8, 4) is 16.9 Å². The monoisotopic (exact) mass is 430 g/mol. The maximum atomic E-state index is 5.32. The molecule has 0 saturated carbocycles. The second-order valence-corrected chi connectivity index (χ2v) is 8.94. The topological polar surface area (TPSA) is 41.5 Å². The van der Waals surface area contributed by atoms with Crippen LogP contribution >= 0.6 is 11.3 Å². The summed E-state index contributed by atoms with van der Waals surface area (Å²) in [6.45, 7) is 7.28. The summed E-state index contributed by atoms with van der Waals surface area (Å²) >= 11 is 1.68. The van der Waals surface area contributed by atoms with Gasteiger partial charge in [-0.25, -0.2) is 9.97 Å². The molecule has 0 amide bonds. The van der Waals surface area contributed by atoms with Crippen LogP contribution in [-0.2, 0) is 0 Å². The van der Waals surface area contributed by atoms with E-state index in [1.54, 1.807) is 24.8 Å². The number of hydrogen-bond donors (Lipinski definition) is 0. The van der Waals surface area contributed by atoms with Crippen LogP contribution in [0, 0.1) is 6.92 Å². The number of methoxy groups -OCH3 is 1. The highest BCUT2D eigenvalue weighted by Crippen LogP contribution is 2.39. The Kier molecular flexibility index (Phi) is 5.24. The van der Waals surface area contributed by atoms with E-state index in [0.717, 1.165) is 47.0 Å². The molecule has 1 atom stereocenters. The van der Waals surface area contributed by atoms with E-state index in [0.29, 0.717) is 6.04 Å². The van der Waals surface area contributed by atoms with E-state index in [2.05, 4.69) is 70.4 Å². The van der Waals surface area contributed by atoms with Crippen molar-refractivity contribution in [2.45, 2.75) is 19.9 Å². The van der Waals surface area contributed by atoms with E-state index in [1.165, 1.54) is 16.8 Å². The van der Waals surface area contributed by atoms with Gasteiger partial charge >= 0.3 is 0 Å². The van der Waals surface area contributed by atoms with Gasteiger partial charge in [-0.15, -0.1) is 11.3 Å². The summed E-state index contributed by atoms with van der Waals surface area (Å²) in [5, 5.41) is 3.34. The van der Waals surface area contributed by atoms with Gasteiger partial charge in [-0.1, -0.05) is 24.3 Å². The Balaban J connectivity index is 1.47.